The lowest BCUT2D eigenvalue weighted by Crippen LogP contribution is -2.29. The van der Waals surface area contributed by atoms with E-state index in [1.165, 1.54) is 4.90 Å². The van der Waals surface area contributed by atoms with Crippen molar-refractivity contribution in [3.05, 3.63) is 83.3 Å². The SMILES string of the molecule is CCc1cc(-c2ncnc3c2ccn3SI)ccc1CN1C(=O)c2ccccc2C1=O. The summed E-state index contributed by atoms with van der Waals surface area (Å²) >= 11 is 2.23. The Balaban J connectivity index is 1.50. The number of benzene rings is 2. The first-order valence-corrected chi connectivity index (χ1v) is 13.1. The monoisotopic (exact) mass is 540 g/mol. The summed E-state index contributed by atoms with van der Waals surface area (Å²) in [5.41, 5.74) is 5.74. The zero-order chi connectivity index (χ0) is 21.5. The molecule has 0 saturated heterocycles. The van der Waals surface area contributed by atoms with Crippen molar-refractivity contribution in [1.82, 2.24) is 18.8 Å². The highest BCUT2D eigenvalue weighted by Crippen LogP contribution is 2.32. The lowest BCUT2D eigenvalue weighted by Gasteiger charge is -2.17. The van der Waals surface area contributed by atoms with Gasteiger partial charge in [-0.25, -0.2) is 9.97 Å². The predicted octanol–water partition coefficient (Wildman–Crippen LogP) is 5.30. The van der Waals surface area contributed by atoms with Crippen molar-refractivity contribution in [2.24, 2.45) is 0 Å². The van der Waals surface area contributed by atoms with Gasteiger partial charge in [-0.05, 0) is 41.8 Å². The minimum Gasteiger partial charge on any atom is -0.270 e. The smallest absolute Gasteiger partial charge is 0.261 e. The molecule has 0 aliphatic carbocycles. The summed E-state index contributed by atoms with van der Waals surface area (Å²) in [7, 11) is 1.56. The number of nitrogens with zero attached hydrogens (tertiary/aromatic N) is 4. The van der Waals surface area contributed by atoms with Gasteiger partial charge < -0.3 is 0 Å². The number of aryl methyl sites for hydroxylation is 1. The van der Waals surface area contributed by atoms with Crippen molar-refractivity contribution in [1.29, 1.82) is 0 Å². The number of rotatable bonds is 5. The quantitative estimate of drug-likeness (QED) is 0.254. The summed E-state index contributed by atoms with van der Waals surface area (Å²) in [4.78, 5) is 35.8. The van der Waals surface area contributed by atoms with Gasteiger partial charge in [-0.15, -0.1) is 0 Å². The first kappa shape index (κ1) is 20.2. The van der Waals surface area contributed by atoms with Gasteiger partial charge in [0.25, 0.3) is 11.8 Å². The maximum Gasteiger partial charge on any atom is 0.261 e. The molecule has 0 N–H and O–H groups in total. The highest BCUT2D eigenvalue weighted by molar-refractivity contribution is 14.2. The minimum absolute atomic E-state index is 0.234. The number of amides is 2. The van der Waals surface area contributed by atoms with Crippen LogP contribution in [0.3, 0.4) is 0 Å². The number of fused-ring (bicyclic) bond motifs is 2. The Hall–Kier alpha value is -2.72. The average Bonchev–Trinajstić information content (AvgIpc) is 3.34. The standard InChI is InChI=1S/C23H17IN4O2S/c1-2-14-11-15(20-19-9-10-28(31-24)21(19)26-13-25-20)7-8-16(14)12-27-22(29)17-5-3-4-6-18(17)23(27)30/h3-11,13H,2,12H2,1H3. The molecule has 4 aromatic rings. The van der Waals surface area contributed by atoms with Crippen molar-refractivity contribution < 1.29 is 9.59 Å². The van der Waals surface area contributed by atoms with Crippen molar-refractivity contribution in [2.75, 3.05) is 0 Å². The fraction of sp³-hybridized carbons (Fsp3) is 0.130. The zero-order valence-corrected chi connectivity index (χ0v) is 19.6. The molecule has 1 aliphatic heterocycles. The van der Waals surface area contributed by atoms with Crippen LogP contribution in [0, 0.1) is 0 Å². The van der Waals surface area contributed by atoms with Gasteiger partial charge in [-0.3, -0.25) is 18.5 Å². The van der Waals surface area contributed by atoms with Crippen LogP contribution >= 0.6 is 30.3 Å². The van der Waals surface area contributed by atoms with Gasteiger partial charge in [0.15, 0.2) is 5.65 Å². The number of carbonyl (C=O) groups is 2. The third-order valence-electron chi connectivity index (χ3n) is 5.59. The van der Waals surface area contributed by atoms with E-state index in [0.29, 0.717) is 11.1 Å². The fourth-order valence-electron chi connectivity index (χ4n) is 4.02. The normalized spacial score (nSPS) is 13.3. The Bertz CT molecular complexity index is 1320. The second-order valence-corrected chi connectivity index (χ2v) is 8.96. The van der Waals surface area contributed by atoms with Crippen molar-refractivity contribution in [2.45, 2.75) is 19.9 Å². The van der Waals surface area contributed by atoms with Gasteiger partial charge in [0.1, 0.15) is 6.33 Å². The fourth-order valence-corrected chi connectivity index (χ4v) is 5.29. The van der Waals surface area contributed by atoms with Crippen LogP contribution in [0.25, 0.3) is 22.3 Å². The molecule has 154 valence electrons. The topological polar surface area (TPSA) is 68.1 Å². The first-order valence-electron chi connectivity index (χ1n) is 9.81. The molecule has 3 heterocycles. The van der Waals surface area contributed by atoms with Crippen LogP contribution in [-0.2, 0) is 13.0 Å². The molecule has 0 saturated carbocycles. The van der Waals surface area contributed by atoms with Crippen LogP contribution in [0.1, 0.15) is 38.8 Å². The van der Waals surface area contributed by atoms with Gasteiger partial charge in [-0.2, -0.15) is 0 Å². The largest absolute Gasteiger partial charge is 0.270 e. The molecule has 0 spiro atoms. The minimum atomic E-state index is -0.234. The Labute approximate surface area is 195 Å². The molecule has 1 aliphatic rings. The Morgan fingerprint density at radius 2 is 1.71 bits per heavy atom. The molecule has 5 rings (SSSR count). The highest BCUT2D eigenvalue weighted by Gasteiger charge is 2.35. The van der Waals surface area contributed by atoms with E-state index in [0.717, 1.165) is 39.8 Å². The van der Waals surface area contributed by atoms with Gasteiger partial charge in [-0.1, -0.05) is 31.2 Å². The predicted molar refractivity (Wildman–Crippen MR) is 130 cm³/mol. The second-order valence-electron chi connectivity index (χ2n) is 7.25. The molecular weight excluding hydrogens is 523 g/mol. The van der Waals surface area contributed by atoms with E-state index in [9.17, 15) is 9.59 Å². The number of hydrogen-bond acceptors (Lipinski definition) is 5. The van der Waals surface area contributed by atoms with Gasteiger partial charge in [0, 0.05) is 47.5 Å². The van der Waals surface area contributed by atoms with Crippen LogP contribution < -0.4 is 0 Å². The molecule has 0 fully saturated rings. The lowest BCUT2D eigenvalue weighted by molar-refractivity contribution is 0.0642. The Kier molecular flexibility index (Phi) is 5.27. The van der Waals surface area contributed by atoms with Gasteiger partial charge in [0.05, 0.1) is 23.4 Å². The van der Waals surface area contributed by atoms with E-state index in [1.807, 2.05) is 28.4 Å². The van der Waals surface area contributed by atoms with Crippen molar-refractivity contribution in [3.63, 3.8) is 0 Å². The van der Waals surface area contributed by atoms with E-state index in [-0.39, 0.29) is 18.4 Å². The third kappa shape index (κ3) is 3.34. The number of halogens is 1. The highest BCUT2D eigenvalue weighted by atomic mass is 127. The van der Waals surface area contributed by atoms with E-state index in [2.05, 4.69) is 44.2 Å². The molecule has 2 aromatic carbocycles. The zero-order valence-electron chi connectivity index (χ0n) is 16.6. The van der Waals surface area contributed by atoms with Crippen molar-refractivity contribution >= 4 is 53.2 Å². The molecule has 0 radical (unpaired) electrons. The number of carbonyl (C=O) groups excluding carboxylic acids is 2. The summed E-state index contributed by atoms with van der Waals surface area (Å²) < 4.78 is 2.00. The van der Waals surface area contributed by atoms with Gasteiger partial charge in [0.2, 0.25) is 0 Å². The van der Waals surface area contributed by atoms with Gasteiger partial charge >= 0.3 is 0 Å². The number of aromatic nitrogens is 3. The molecule has 31 heavy (non-hydrogen) atoms. The maximum absolute atomic E-state index is 12.8. The lowest BCUT2D eigenvalue weighted by atomic mass is 9.99. The van der Waals surface area contributed by atoms with Crippen LogP contribution in [0.4, 0.5) is 0 Å². The molecule has 8 heteroatoms. The van der Waals surface area contributed by atoms with Crippen molar-refractivity contribution in [3.8, 4) is 11.3 Å². The summed E-state index contributed by atoms with van der Waals surface area (Å²) in [6, 6.07) is 15.1. The maximum atomic E-state index is 12.8. The summed E-state index contributed by atoms with van der Waals surface area (Å²) in [5, 5.41) is 0.988. The summed E-state index contributed by atoms with van der Waals surface area (Å²) in [6.45, 7) is 2.33. The Morgan fingerprint density at radius 3 is 2.39 bits per heavy atom. The van der Waals surface area contributed by atoms with Crippen LogP contribution in [-0.4, -0.2) is 30.7 Å². The average molecular weight is 540 g/mol. The van der Waals surface area contributed by atoms with E-state index in [1.54, 1.807) is 39.7 Å². The van der Waals surface area contributed by atoms with Crippen LogP contribution in [0.15, 0.2) is 61.1 Å². The molecular formula is C23H17IN4O2S. The molecule has 0 atom stereocenters. The summed E-state index contributed by atoms with van der Waals surface area (Å²) in [6.07, 6.45) is 4.35. The summed E-state index contributed by atoms with van der Waals surface area (Å²) in [5.74, 6) is -0.469. The third-order valence-corrected chi connectivity index (χ3v) is 7.31. The molecule has 0 unspecified atom stereocenters. The number of imide groups is 1. The molecule has 2 aromatic heterocycles. The Morgan fingerprint density at radius 1 is 0.968 bits per heavy atom. The van der Waals surface area contributed by atoms with E-state index in [4.69, 9.17) is 0 Å². The number of hydrogen-bond donors (Lipinski definition) is 0. The second kappa shape index (κ2) is 8.08. The van der Waals surface area contributed by atoms with Crippen LogP contribution in [0.5, 0.6) is 0 Å². The molecule has 0 bridgehead atoms. The molecule has 2 amide bonds. The van der Waals surface area contributed by atoms with E-state index < -0.39 is 0 Å². The van der Waals surface area contributed by atoms with Crippen LogP contribution in [0.2, 0.25) is 0 Å². The molecule has 6 nitrogen and oxygen atoms in total. The first-order chi connectivity index (χ1) is 15.1. The van der Waals surface area contributed by atoms with E-state index >= 15 is 0 Å².